The van der Waals surface area contributed by atoms with Crippen LogP contribution in [0.25, 0.3) is 0 Å². The number of thioether (sulfide) groups is 1. The number of ether oxygens (including phenoxy) is 1. The van der Waals surface area contributed by atoms with Crippen molar-refractivity contribution in [2.24, 2.45) is 0 Å². The molecule has 118 valence electrons. The molecule has 1 aliphatic heterocycles. The summed E-state index contributed by atoms with van der Waals surface area (Å²) in [4.78, 5) is 13.9. The van der Waals surface area contributed by atoms with Gasteiger partial charge in [0.15, 0.2) is 0 Å². The number of hydrogen-bond acceptors (Lipinski definition) is 4. The molecule has 1 N–H and O–H groups in total. The second-order valence-electron chi connectivity index (χ2n) is 6.50. The molecule has 0 aromatic carbocycles. The highest BCUT2D eigenvalue weighted by Crippen LogP contribution is 2.25. The molecule has 1 rings (SSSR count). The predicted octanol–water partition coefficient (Wildman–Crippen LogP) is 3.12. The molecule has 0 radical (unpaired) electrons. The average Bonchev–Trinajstić information content (AvgIpc) is 2.71. The summed E-state index contributed by atoms with van der Waals surface area (Å²) in [5.74, 6) is 1.18. The van der Waals surface area contributed by atoms with Gasteiger partial charge in [-0.1, -0.05) is 13.8 Å². The molecule has 0 aromatic rings. The lowest BCUT2D eigenvalue weighted by molar-refractivity contribution is 0.0251. The van der Waals surface area contributed by atoms with Crippen LogP contribution in [0.1, 0.15) is 47.5 Å². The zero-order chi connectivity index (χ0) is 15.2. The molecule has 20 heavy (non-hydrogen) atoms. The predicted molar refractivity (Wildman–Crippen MR) is 86.4 cm³/mol. The van der Waals surface area contributed by atoms with Gasteiger partial charge in [0.2, 0.25) is 0 Å². The van der Waals surface area contributed by atoms with E-state index in [9.17, 15) is 4.79 Å². The fourth-order valence-electron chi connectivity index (χ4n) is 2.25. The van der Waals surface area contributed by atoms with E-state index in [1.807, 2.05) is 37.4 Å². The first kappa shape index (κ1) is 17.6. The minimum Gasteiger partial charge on any atom is -0.444 e. The Bertz CT molecular complexity index is 305. The Morgan fingerprint density at radius 1 is 1.40 bits per heavy atom. The first-order chi connectivity index (χ1) is 9.31. The van der Waals surface area contributed by atoms with E-state index in [0.29, 0.717) is 6.04 Å². The molecule has 0 aliphatic carbocycles. The highest BCUT2D eigenvalue weighted by atomic mass is 32.2. The zero-order valence-electron chi connectivity index (χ0n) is 13.6. The average molecular weight is 302 g/mol. The minimum absolute atomic E-state index is 0.199. The maximum Gasteiger partial charge on any atom is 0.410 e. The van der Waals surface area contributed by atoms with Gasteiger partial charge in [0.25, 0.3) is 0 Å². The molecule has 0 spiro atoms. The van der Waals surface area contributed by atoms with Crippen LogP contribution in [-0.2, 0) is 4.74 Å². The Hall–Kier alpha value is -0.420. The molecule has 2 unspecified atom stereocenters. The second-order valence-corrected chi connectivity index (χ2v) is 7.97. The molecule has 2 atom stereocenters. The molecule has 0 saturated carbocycles. The van der Waals surface area contributed by atoms with Gasteiger partial charge < -0.3 is 15.0 Å². The first-order valence-corrected chi connectivity index (χ1v) is 8.69. The van der Waals surface area contributed by atoms with Crippen molar-refractivity contribution < 1.29 is 9.53 Å². The fraction of sp³-hybridized carbons (Fsp3) is 0.933. The van der Waals surface area contributed by atoms with Gasteiger partial charge in [0.1, 0.15) is 5.60 Å². The SMILES string of the molecule is CCCN(CCNC1CSC(C)C1)C(=O)OC(C)(C)C. The van der Waals surface area contributed by atoms with Gasteiger partial charge in [-0.3, -0.25) is 0 Å². The summed E-state index contributed by atoms with van der Waals surface area (Å²) < 4.78 is 5.45. The summed E-state index contributed by atoms with van der Waals surface area (Å²) in [7, 11) is 0. The summed E-state index contributed by atoms with van der Waals surface area (Å²) in [6, 6.07) is 0.595. The Balaban J connectivity index is 2.33. The molecule has 4 nitrogen and oxygen atoms in total. The topological polar surface area (TPSA) is 41.6 Å². The first-order valence-electron chi connectivity index (χ1n) is 7.64. The van der Waals surface area contributed by atoms with E-state index in [1.54, 1.807) is 0 Å². The molecular formula is C15H30N2O2S. The van der Waals surface area contributed by atoms with E-state index in [0.717, 1.165) is 31.3 Å². The van der Waals surface area contributed by atoms with Crippen molar-refractivity contribution in [3.05, 3.63) is 0 Å². The van der Waals surface area contributed by atoms with Gasteiger partial charge in [-0.25, -0.2) is 4.79 Å². The fourth-order valence-corrected chi connectivity index (χ4v) is 3.44. The van der Waals surface area contributed by atoms with Crippen molar-refractivity contribution in [3.63, 3.8) is 0 Å². The molecular weight excluding hydrogens is 272 g/mol. The van der Waals surface area contributed by atoms with E-state index in [2.05, 4.69) is 19.2 Å². The summed E-state index contributed by atoms with van der Waals surface area (Å²) >= 11 is 2.02. The summed E-state index contributed by atoms with van der Waals surface area (Å²) in [5.41, 5.74) is -0.423. The molecule has 0 bridgehead atoms. The van der Waals surface area contributed by atoms with Gasteiger partial charge in [-0.05, 0) is 33.6 Å². The number of amides is 1. The van der Waals surface area contributed by atoms with E-state index >= 15 is 0 Å². The van der Waals surface area contributed by atoms with Crippen LogP contribution in [0.3, 0.4) is 0 Å². The van der Waals surface area contributed by atoms with Gasteiger partial charge in [-0.15, -0.1) is 0 Å². The largest absolute Gasteiger partial charge is 0.444 e. The Morgan fingerprint density at radius 2 is 2.10 bits per heavy atom. The number of nitrogens with one attached hydrogen (secondary N) is 1. The maximum absolute atomic E-state index is 12.1. The molecule has 1 fully saturated rings. The van der Waals surface area contributed by atoms with Crippen LogP contribution in [0.4, 0.5) is 4.79 Å². The van der Waals surface area contributed by atoms with E-state index in [-0.39, 0.29) is 6.09 Å². The van der Waals surface area contributed by atoms with Crippen molar-refractivity contribution >= 4 is 17.9 Å². The number of hydrogen-bond donors (Lipinski definition) is 1. The van der Waals surface area contributed by atoms with Gasteiger partial charge in [-0.2, -0.15) is 11.8 Å². The lowest BCUT2D eigenvalue weighted by atomic mass is 10.2. The lowest BCUT2D eigenvalue weighted by Gasteiger charge is -2.27. The molecule has 1 saturated heterocycles. The molecule has 1 aliphatic rings. The summed E-state index contributed by atoms with van der Waals surface area (Å²) in [5, 5.41) is 4.30. The van der Waals surface area contributed by atoms with Crippen molar-refractivity contribution in [1.82, 2.24) is 10.2 Å². The van der Waals surface area contributed by atoms with Crippen LogP contribution >= 0.6 is 11.8 Å². The standard InChI is InChI=1S/C15H30N2O2S/c1-6-8-17(14(18)19-15(3,4)5)9-7-16-13-10-12(2)20-11-13/h12-13,16H,6-11H2,1-5H3. The van der Waals surface area contributed by atoms with Crippen LogP contribution < -0.4 is 5.32 Å². The van der Waals surface area contributed by atoms with Crippen LogP contribution in [0, 0.1) is 0 Å². The molecule has 0 aromatic heterocycles. The number of carbonyl (C=O) groups excluding carboxylic acids is 1. The van der Waals surface area contributed by atoms with Crippen LogP contribution in [0.5, 0.6) is 0 Å². The van der Waals surface area contributed by atoms with E-state index in [1.165, 1.54) is 12.2 Å². The Morgan fingerprint density at radius 3 is 2.60 bits per heavy atom. The van der Waals surface area contributed by atoms with Crippen molar-refractivity contribution in [2.45, 2.75) is 64.4 Å². The number of nitrogens with zero attached hydrogens (tertiary/aromatic N) is 1. The van der Waals surface area contributed by atoms with Crippen molar-refractivity contribution in [2.75, 3.05) is 25.4 Å². The normalized spacial score (nSPS) is 22.9. The van der Waals surface area contributed by atoms with Gasteiger partial charge >= 0.3 is 6.09 Å². The molecule has 1 amide bonds. The van der Waals surface area contributed by atoms with Crippen LogP contribution in [0.15, 0.2) is 0 Å². The zero-order valence-corrected chi connectivity index (χ0v) is 14.4. The van der Waals surface area contributed by atoms with Gasteiger partial charge in [0, 0.05) is 36.7 Å². The quantitative estimate of drug-likeness (QED) is 0.818. The monoisotopic (exact) mass is 302 g/mol. The molecule has 5 heteroatoms. The van der Waals surface area contributed by atoms with Crippen molar-refractivity contribution in [1.29, 1.82) is 0 Å². The van der Waals surface area contributed by atoms with E-state index in [4.69, 9.17) is 4.74 Å². The number of rotatable bonds is 6. The van der Waals surface area contributed by atoms with E-state index < -0.39 is 5.60 Å². The smallest absolute Gasteiger partial charge is 0.410 e. The summed E-state index contributed by atoms with van der Waals surface area (Å²) in [6.07, 6.45) is 1.98. The third kappa shape index (κ3) is 6.84. The molecule has 1 heterocycles. The summed E-state index contributed by atoms with van der Waals surface area (Å²) in [6.45, 7) is 12.4. The van der Waals surface area contributed by atoms with Crippen LogP contribution in [-0.4, -0.2) is 53.3 Å². The Labute approximate surface area is 128 Å². The third-order valence-electron chi connectivity index (χ3n) is 3.16. The number of carbonyl (C=O) groups is 1. The minimum atomic E-state index is -0.423. The lowest BCUT2D eigenvalue weighted by Crippen LogP contribution is -2.42. The van der Waals surface area contributed by atoms with Gasteiger partial charge in [0.05, 0.1) is 0 Å². The highest BCUT2D eigenvalue weighted by molar-refractivity contribution is 8.00. The van der Waals surface area contributed by atoms with Crippen molar-refractivity contribution in [3.8, 4) is 0 Å². The highest BCUT2D eigenvalue weighted by Gasteiger charge is 2.23. The Kier molecular flexibility index (Phi) is 7.17. The third-order valence-corrected chi connectivity index (χ3v) is 4.51. The maximum atomic E-state index is 12.1. The van der Waals surface area contributed by atoms with Crippen LogP contribution in [0.2, 0.25) is 0 Å². The second kappa shape index (κ2) is 8.13.